The average Bonchev–Trinajstić information content (AvgIpc) is 3.22. The average molecular weight is 277 g/mol. The van der Waals surface area contributed by atoms with Crippen LogP contribution >= 0.6 is 0 Å². The molecule has 2 fully saturated rings. The van der Waals surface area contributed by atoms with Gasteiger partial charge in [0, 0.05) is 19.0 Å². The molecule has 7 nitrogen and oxygen atoms in total. The minimum absolute atomic E-state index is 0.0997. The third kappa shape index (κ3) is 2.81. The molecule has 1 saturated heterocycles. The fourth-order valence-corrected chi connectivity index (χ4v) is 2.59. The van der Waals surface area contributed by atoms with Crippen LogP contribution in [0.25, 0.3) is 0 Å². The number of anilines is 1. The Morgan fingerprint density at radius 3 is 2.75 bits per heavy atom. The second-order valence-electron chi connectivity index (χ2n) is 5.63. The Labute approximate surface area is 117 Å². The Morgan fingerprint density at radius 1 is 1.30 bits per heavy atom. The summed E-state index contributed by atoms with van der Waals surface area (Å²) in [6.45, 7) is 3.07. The zero-order chi connectivity index (χ0) is 14.1. The lowest BCUT2D eigenvalue weighted by Crippen LogP contribution is -2.44. The molecule has 108 valence electrons. The van der Waals surface area contributed by atoms with Crippen LogP contribution in [0.2, 0.25) is 0 Å². The first-order valence-electron chi connectivity index (χ1n) is 7.12. The minimum Gasteiger partial charge on any atom is -0.342 e. The number of hydrogen-bond acceptors (Lipinski definition) is 4. The molecule has 2 N–H and O–H groups in total. The van der Waals surface area contributed by atoms with E-state index in [4.69, 9.17) is 0 Å². The molecule has 2 aliphatic rings. The highest BCUT2D eigenvalue weighted by atomic mass is 16.2. The van der Waals surface area contributed by atoms with Gasteiger partial charge < -0.3 is 4.90 Å². The second kappa shape index (κ2) is 5.22. The fraction of sp³-hybridized carbons (Fsp3) is 0.692. The van der Waals surface area contributed by atoms with Crippen molar-refractivity contribution in [3.8, 4) is 0 Å². The van der Waals surface area contributed by atoms with Gasteiger partial charge in [0.15, 0.2) is 0 Å². The van der Waals surface area contributed by atoms with Crippen molar-refractivity contribution in [2.45, 2.75) is 32.6 Å². The van der Waals surface area contributed by atoms with Crippen molar-refractivity contribution in [3.63, 3.8) is 0 Å². The lowest BCUT2D eigenvalue weighted by Gasteiger charge is -2.32. The normalized spacial score (nSPS) is 22.6. The van der Waals surface area contributed by atoms with Crippen LogP contribution in [0, 0.1) is 18.8 Å². The first kappa shape index (κ1) is 13.1. The molecular weight excluding hydrogens is 258 g/mol. The van der Waals surface area contributed by atoms with E-state index in [0.29, 0.717) is 18.3 Å². The van der Waals surface area contributed by atoms with Crippen LogP contribution in [-0.4, -0.2) is 45.0 Å². The quantitative estimate of drug-likeness (QED) is 0.851. The summed E-state index contributed by atoms with van der Waals surface area (Å²) in [5.74, 6) is 1.14. The number of piperidine rings is 1. The Hall–Kier alpha value is -1.92. The van der Waals surface area contributed by atoms with Crippen molar-refractivity contribution in [3.05, 3.63) is 5.82 Å². The Morgan fingerprint density at radius 2 is 2.10 bits per heavy atom. The molecule has 1 atom stereocenters. The summed E-state index contributed by atoms with van der Waals surface area (Å²) in [6, 6.07) is 0. The molecule has 7 heteroatoms. The first-order valence-corrected chi connectivity index (χ1v) is 7.12. The molecule has 1 aliphatic heterocycles. The summed E-state index contributed by atoms with van der Waals surface area (Å²) < 4.78 is 0. The van der Waals surface area contributed by atoms with Crippen LogP contribution < -0.4 is 5.32 Å². The molecule has 0 aromatic carbocycles. The van der Waals surface area contributed by atoms with Gasteiger partial charge in [0.1, 0.15) is 5.82 Å². The summed E-state index contributed by atoms with van der Waals surface area (Å²) in [5.41, 5.74) is 0. The highest BCUT2D eigenvalue weighted by Crippen LogP contribution is 2.32. The fourth-order valence-electron chi connectivity index (χ4n) is 2.59. The predicted octanol–water partition coefficient (Wildman–Crippen LogP) is 0.700. The van der Waals surface area contributed by atoms with E-state index >= 15 is 0 Å². The van der Waals surface area contributed by atoms with Crippen molar-refractivity contribution in [2.75, 3.05) is 18.4 Å². The lowest BCUT2D eigenvalue weighted by molar-refractivity contribution is -0.135. The van der Waals surface area contributed by atoms with E-state index in [2.05, 4.69) is 20.5 Å². The van der Waals surface area contributed by atoms with E-state index in [9.17, 15) is 9.59 Å². The maximum absolute atomic E-state index is 12.2. The minimum atomic E-state index is -0.162. The monoisotopic (exact) mass is 277 g/mol. The van der Waals surface area contributed by atoms with Crippen LogP contribution in [0.4, 0.5) is 5.95 Å². The molecular formula is C13H19N5O2. The number of carbonyl (C=O) groups is 2. The Balaban J connectivity index is 1.58. The molecule has 20 heavy (non-hydrogen) atoms. The van der Waals surface area contributed by atoms with Gasteiger partial charge in [-0.3, -0.25) is 20.0 Å². The topological polar surface area (TPSA) is 91.0 Å². The number of aromatic amines is 1. The third-order valence-corrected chi connectivity index (χ3v) is 3.86. The van der Waals surface area contributed by atoms with Gasteiger partial charge in [-0.2, -0.15) is 4.98 Å². The van der Waals surface area contributed by atoms with Gasteiger partial charge in [-0.25, -0.2) is 0 Å². The van der Waals surface area contributed by atoms with E-state index in [0.717, 1.165) is 32.2 Å². The third-order valence-electron chi connectivity index (χ3n) is 3.86. The van der Waals surface area contributed by atoms with Crippen molar-refractivity contribution in [1.82, 2.24) is 20.1 Å². The molecule has 0 bridgehead atoms. The number of H-pyrrole nitrogens is 1. The largest absolute Gasteiger partial charge is 0.342 e. The second-order valence-corrected chi connectivity index (χ2v) is 5.63. The molecule has 1 aromatic heterocycles. The zero-order valence-corrected chi connectivity index (χ0v) is 11.6. The van der Waals surface area contributed by atoms with Crippen LogP contribution in [-0.2, 0) is 9.59 Å². The van der Waals surface area contributed by atoms with Crippen molar-refractivity contribution in [1.29, 1.82) is 0 Å². The van der Waals surface area contributed by atoms with E-state index in [1.165, 1.54) is 0 Å². The number of nitrogens with zero attached hydrogens (tertiary/aromatic N) is 3. The number of nitrogens with one attached hydrogen (secondary N) is 2. The molecule has 1 aromatic rings. The first-order chi connectivity index (χ1) is 9.63. The van der Waals surface area contributed by atoms with Gasteiger partial charge >= 0.3 is 0 Å². The molecule has 0 radical (unpaired) electrons. The van der Waals surface area contributed by atoms with Crippen molar-refractivity contribution in [2.24, 2.45) is 11.8 Å². The molecule has 1 saturated carbocycles. The summed E-state index contributed by atoms with van der Waals surface area (Å²) in [5, 5.41) is 9.29. The zero-order valence-electron chi connectivity index (χ0n) is 11.6. The number of hydrogen-bond donors (Lipinski definition) is 2. The lowest BCUT2D eigenvalue weighted by atomic mass is 9.97. The molecule has 2 amide bonds. The molecule has 2 heterocycles. The number of aromatic nitrogens is 3. The van der Waals surface area contributed by atoms with Crippen LogP contribution in [0.3, 0.4) is 0 Å². The maximum Gasteiger partial charge on any atom is 0.248 e. The summed E-state index contributed by atoms with van der Waals surface area (Å²) in [4.78, 5) is 30.1. The maximum atomic E-state index is 12.2. The number of rotatable bonds is 3. The van der Waals surface area contributed by atoms with Gasteiger partial charge in [0.05, 0.1) is 5.92 Å². The molecule has 3 rings (SSSR count). The van der Waals surface area contributed by atoms with Crippen LogP contribution in [0.5, 0.6) is 0 Å². The smallest absolute Gasteiger partial charge is 0.248 e. The molecule has 1 unspecified atom stereocenters. The molecule has 0 spiro atoms. The number of aryl methyl sites for hydroxylation is 1. The van der Waals surface area contributed by atoms with Crippen LogP contribution in [0.1, 0.15) is 31.5 Å². The van der Waals surface area contributed by atoms with Gasteiger partial charge in [0.2, 0.25) is 17.8 Å². The highest BCUT2D eigenvalue weighted by molar-refractivity contribution is 5.91. The Bertz CT molecular complexity index is 523. The SMILES string of the molecule is Cc1nc(NC(=O)C2CCCN(C(=O)C3CC3)C2)n[nH]1. The summed E-state index contributed by atoms with van der Waals surface area (Å²) in [6.07, 6.45) is 3.69. The summed E-state index contributed by atoms with van der Waals surface area (Å²) >= 11 is 0. The van der Waals surface area contributed by atoms with Gasteiger partial charge in [-0.1, -0.05) is 0 Å². The van der Waals surface area contributed by atoms with Gasteiger partial charge in [0.25, 0.3) is 0 Å². The van der Waals surface area contributed by atoms with Crippen molar-refractivity contribution < 1.29 is 9.59 Å². The summed E-state index contributed by atoms with van der Waals surface area (Å²) in [7, 11) is 0. The van der Waals surface area contributed by atoms with E-state index < -0.39 is 0 Å². The predicted molar refractivity (Wildman–Crippen MR) is 71.8 cm³/mol. The number of amides is 2. The standard InChI is InChI=1S/C13H19N5O2/c1-8-14-13(17-16-8)15-11(19)10-3-2-6-18(7-10)12(20)9-4-5-9/h9-10H,2-7H2,1H3,(H2,14,15,16,17,19). The van der Waals surface area contributed by atoms with E-state index in [1.54, 1.807) is 6.92 Å². The Kier molecular flexibility index (Phi) is 3.42. The highest BCUT2D eigenvalue weighted by Gasteiger charge is 2.36. The van der Waals surface area contributed by atoms with Gasteiger partial charge in [-0.05, 0) is 32.6 Å². The number of carbonyl (C=O) groups excluding carboxylic acids is 2. The number of likely N-dealkylation sites (tertiary alicyclic amines) is 1. The van der Waals surface area contributed by atoms with Gasteiger partial charge in [-0.15, -0.1) is 5.10 Å². The molecule has 1 aliphatic carbocycles. The van der Waals surface area contributed by atoms with E-state index in [-0.39, 0.29) is 23.7 Å². The van der Waals surface area contributed by atoms with Crippen LogP contribution in [0.15, 0.2) is 0 Å². The van der Waals surface area contributed by atoms with Crippen molar-refractivity contribution >= 4 is 17.8 Å². The van der Waals surface area contributed by atoms with E-state index in [1.807, 2.05) is 4.90 Å².